The molecule has 0 saturated carbocycles. The van der Waals surface area contributed by atoms with E-state index >= 15 is 0 Å². The molecule has 0 aliphatic carbocycles. The van der Waals surface area contributed by atoms with Crippen LogP contribution in [0.2, 0.25) is 0 Å². The molecule has 1 aliphatic heterocycles. The van der Waals surface area contributed by atoms with Crippen LogP contribution in [0.1, 0.15) is 37.7 Å². The number of piperidine rings is 1. The Kier molecular flexibility index (Phi) is 5.55. The van der Waals surface area contributed by atoms with E-state index in [1.165, 1.54) is 0 Å². The lowest BCUT2D eigenvalue weighted by atomic mass is 9.98. The van der Waals surface area contributed by atoms with Gasteiger partial charge in [0.05, 0.1) is 0 Å². The number of benzene rings is 1. The third-order valence-corrected chi connectivity index (χ3v) is 3.79. The molecular formula is C17H22N2O2. The van der Waals surface area contributed by atoms with Crippen LogP contribution in [-0.4, -0.2) is 29.3 Å². The van der Waals surface area contributed by atoms with Crippen molar-refractivity contribution in [3.05, 3.63) is 42.0 Å². The number of nitrogens with zero attached hydrogens (tertiary/aromatic N) is 1. The normalized spacial score (nSPS) is 18.9. The van der Waals surface area contributed by atoms with E-state index < -0.39 is 0 Å². The third-order valence-electron chi connectivity index (χ3n) is 3.79. The Morgan fingerprint density at radius 1 is 1.24 bits per heavy atom. The van der Waals surface area contributed by atoms with Gasteiger partial charge in [0.25, 0.3) is 0 Å². The van der Waals surface area contributed by atoms with Gasteiger partial charge >= 0.3 is 0 Å². The number of likely N-dealkylation sites (tertiary alicyclic amines) is 1. The fraction of sp³-hybridized carbons (Fsp3) is 0.412. The van der Waals surface area contributed by atoms with Gasteiger partial charge in [-0.25, -0.2) is 0 Å². The molecule has 4 nitrogen and oxygen atoms in total. The Labute approximate surface area is 125 Å². The average Bonchev–Trinajstić information content (AvgIpc) is 2.48. The third kappa shape index (κ3) is 4.74. The Morgan fingerprint density at radius 2 is 2.00 bits per heavy atom. The van der Waals surface area contributed by atoms with E-state index in [2.05, 4.69) is 0 Å². The number of hydrogen-bond acceptors (Lipinski definition) is 2. The van der Waals surface area contributed by atoms with Gasteiger partial charge in [-0.3, -0.25) is 9.59 Å². The first kappa shape index (κ1) is 15.3. The summed E-state index contributed by atoms with van der Waals surface area (Å²) in [7, 11) is 0. The van der Waals surface area contributed by atoms with Gasteiger partial charge in [0, 0.05) is 25.4 Å². The fourth-order valence-corrected chi connectivity index (χ4v) is 2.75. The molecule has 0 aromatic heterocycles. The van der Waals surface area contributed by atoms with Crippen molar-refractivity contribution in [3.8, 4) is 0 Å². The average molecular weight is 286 g/mol. The second-order valence-corrected chi connectivity index (χ2v) is 5.42. The molecule has 1 unspecified atom stereocenters. The highest BCUT2D eigenvalue weighted by Gasteiger charge is 2.26. The number of hydrogen-bond donors (Lipinski definition) is 1. The van der Waals surface area contributed by atoms with Crippen LogP contribution >= 0.6 is 0 Å². The van der Waals surface area contributed by atoms with Gasteiger partial charge in [-0.15, -0.1) is 0 Å². The van der Waals surface area contributed by atoms with Crippen molar-refractivity contribution >= 4 is 17.9 Å². The number of nitrogens with two attached hydrogens (primary N) is 1. The Hall–Kier alpha value is -2.10. The molecule has 1 fully saturated rings. The molecule has 2 N–H and O–H groups in total. The number of carbonyl (C=O) groups excluding carboxylic acids is 2. The summed E-state index contributed by atoms with van der Waals surface area (Å²) in [4.78, 5) is 25.2. The van der Waals surface area contributed by atoms with E-state index in [4.69, 9.17) is 5.73 Å². The van der Waals surface area contributed by atoms with Gasteiger partial charge in [-0.05, 0) is 24.8 Å². The van der Waals surface area contributed by atoms with Gasteiger partial charge in [-0.2, -0.15) is 0 Å². The summed E-state index contributed by atoms with van der Waals surface area (Å²) >= 11 is 0. The summed E-state index contributed by atoms with van der Waals surface area (Å²) < 4.78 is 0. The second kappa shape index (κ2) is 7.62. The van der Waals surface area contributed by atoms with Crippen LogP contribution in [0.25, 0.3) is 6.08 Å². The fourth-order valence-electron chi connectivity index (χ4n) is 2.75. The SMILES string of the molecule is NC(=O)CC1CCCCN1C(=O)CC=Cc1ccccc1. The second-order valence-electron chi connectivity index (χ2n) is 5.42. The van der Waals surface area contributed by atoms with Gasteiger partial charge in [-0.1, -0.05) is 42.5 Å². The maximum Gasteiger partial charge on any atom is 0.226 e. The lowest BCUT2D eigenvalue weighted by Gasteiger charge is -2.35. The van der Waals surface area contributed by atoms with Crippen LogP contribution < -0.4 is 5.73 Å². The van der Waals surface area contributed by atoms with Crippen LogP contribution in [0.3, 0.4) is 0 Å². The number of carbonyl (C=O) groups is 2. The summed E-state index contributed by atoms with van der Waals surface area (Å²) in [6.45, 7) is 0.732. The molecule has 0 bridgehead atoms. The largest absolute Gasteiger partial charge is 0.370 e. The van der Waals surface area contributed by atoms with Gasteiger partial charge in [0.1, 0.15) is 0 Å². The lowest BCUT2D eigenvalue weighted by Crippen LogP contribution is -2.45. The highest BCUT2D eigenvalue weighted by atomic mass is 16.2. The van der Waals surface area contributed by atoms with Crippen LogP contribution in [0.15, 0.2) is 36.4 Å². The quantitative estimate of drug-likeness (QED) is 0.903. The van der Waals surface area contributed by atoms with Gasteiger partial charge in [0.15, 0.2) is 0 Å². The summed E-state index contributed by atoms with van der Waals surface area (Å²) in [5.74, 6) is -0.257. The standard InChI is InChI=1S/C17H22N2O2/c18-16(20)13-15-10-4-5-12-19(15)17(21)11-6-9-14-7-2-1-3-8-14/h1-3,6-9,15H,4-5,10-13H2,(H2,18,20). The highest BCUT2D eigenvalue weighted by molar-refractivity contribution is 5.80. The Morgan fingerprint density at radius 3 is 2.71 bits per heavy atom. The van der Waals surface area contributed by atoms with Crippen molar-refractivity contribution in [1.82, 2.24) is 4.90 Å². The van der Waals surface area contributed by atoms with Crippen molar-refractivity contribution < 1.29 is 9.59 Å². The summed E-state index contributed by atoms with van der Waals surface area (Å²) in [5.41, 5.74) is 6.35. The molecule has 1 aromatic rings. The molecule has 1 atom stereocenters. The van der Waals surface area contributed by atoms with Crippen LogP contribution in [0.5, 0.6) is 0 Å². The monoisotopic (exact) mass is 286 g/mol. The Balaban J connectivity index is 1.91. The minimum absolute atomic E-state index is 0.0196. The minimum atomic E-state index is -0.334. The van der Waals surface area contributed by atoms with E-state index in [9.17, 15) is 9.59 Å². The first-order chi connectivity index (χ1) is 10.2. The van der Waals surface area contributed by atoms with E-state index in [0.717, 1.165) is 31.4 Å². The molecule has 4 heteroatoms. The van der Waals surface area contributed by atoms with E-state index in [1.807, 2.05) is 47.4 Å². The van der Waals surface area contributed by atoms with Gasteiger partial charge in [0.2, 0.25) is 11.8 Å². The molecule has 2 rings (SSSR count). The predicted molar refractivity (Wildman–Crippen MR) is 83.3 cm³/mol. The molecule has 2 amide bonds. The Bertz CT molecular complexity index is 511. The van der Waals surface area contributed by atoms with Gasteiger partial charge < -0.3 is 10.6 Å². The topological polar surface area (TPSA) is 63.4 Å². The lowest BCUT2D eigenvalue weighted by molar-refractivity contribution is -0.135. The van der Waals surface area contributed by atoms with Crippen LogP contribution in [0, 0.1) is 0 Å². The van der Waals surface area contributed by atoms with Crippen molar-refractivity contribution in [1.29, 1.82) is 0 Å². The molecule has 1 saturated heterocycles. The number of amides is 2. The minimum Gasteiger partial charge on any atom is -0.370 e. The zero-order valence-corrected chi connectivity index (χ0v) is 12.2. The molecule has 21 heavy (non-hydrogen) atoms. The molecule has 0 radical (unpaired) electrons. The van der Waals surface area contributed by atoms with Crippen molar-refractivity contribution in [2.75, 3.05) is 6.54 Å². The van der Waals surface area contributed by atoms with Crippen molar-refractivity contribution in [2.24, 2.45) is 5.73 Å². The molecule has 1 heterocycles. The smallest absolute Gasteiger partial charge is 0.226 e. The first-order valence-electron chi connectivity index (χ1n) is 7.46. The van der Waals surface area contributed by atoms with Crippen molar-refractivity contribution in [2.45, 2.75) is 38.1 Å². The molecule has 1 aliphatic rings. The van der Waals surface area contributed by atoms with E-state index in [0.29, 0.717) is 6.42 Å². The van der Waals surface area contributed by atoms with Crippen molar-refractivity contribution in [3.63, 3.8) is 0 Å². The molecular weight excluding hydrogens is 264 g/mol. The maximum atomic E-state index is 12.3. The van der Waals surface area contributed by atoms with Crippen LogP contribution in [0.4, 0.5) is 0 Å². The molecule has 0 spiro atoms. The van der Waals surface area contributed by atoms with Crippen LogP contribution in [-0.2, 0) is 9.59 Å². The summed E-state index contributed by atoms with van der Waals surface area (Å²) in [6.07, 6.45) is 7.40. The highest BCUT2D eigenvalue weighted by Crippen LogP contribution is 2.20. The van der Waals surface area contributed by atoms with E-state index in [1.54, 1.807) is 0 Å². The van der Waals surface area contributed by atoms with E-state index in [-0.39, 0.29) is 24.3 Å². The zero-order chi connectivity index (χ0) is 15.1. The number of rotatable bonds is 5. The predicted octanol–water partition coefficient (Wildman–Crippen LogP) is 2.35. The first-order valence-corrected chi connectivity index (χ1v) is 7.46. The molecule has 1 aromatic carbocycles. The maximum absolute atomic E-state index is 12.3. The zero-order valence-electron chi connectivity index (χ0n) is 12.2. The summed E-state index contributed by atoms with van der Waals surface area (Å²) in [5, 5.41) is 0. The molecule has 112 valence electrons. The summed E-state index contributed by atoms with van der Waals surface area (Å²) in [6, 6.07) is 9.87. The number of primary amides is 1.